The van der Waals surface area contributed by atoms with Crippen LogP contribution >= 0.6 is 0 Å². The van der Waals surface area contributed by atoms with E-state index in [0.717, 1.165) is 45.1 Å². The van der Waals surface area contributed by atoms with E-state index in [1.165, 1.54) is 32.1 Å². The normalized spacial score (nSPS) is 10.5. The van der Waals surface area contributed by atoms with Crippen LogP contribution in [-0.2, 0) is 9.59 Å². The molecular formula is C17H33NO3. The van der Waals surface area contributed by atoms with Crippen LogP contribution in [0.4, 0.5) is 0 Å². The van der Waals surface area contributed by atoms with Gasteiger partial charge in [0.2, 0.25) is 5.91 Å². The van der Waals surface area contributed by atoms with Crippen LogP contribution < -0.4 is 5.32 Å². The van der Waals surface area contributed by atoms with Crippen LogP contribution in [0.1, 0.15) is 90.4 Å². The Balaban J connectivity index is 3.18. The van der Waals surface area contributed by atoms with Crippen molar-refractivity contribution in [2.45, 2.75) is 90.4 Å². The lowest BCUT2D eigenvalue weighted by Crippen LogP contribution is -2.23. The zero-order valence-corrected chi connectivity index (χ0v) is 13.7. The number of hydrogen-bond donors (Lipinski definition) is 2. The number of aliphatic carboxylic acids is 1. The maximum absolute atomic E-state index is 11.6. The Bertz CT molecular complexity index is 267. The number of unbranched alkanes of at least 4 members (excludes halogenated alkanes) is 9. The molecule has 0 saturated heterocycles. The predicted molar refractivity (Wildman–Crippen MR) is 86.3 cm³/mol. The molecule has 0 aromatic carbocycles. The number of carbonyl (C=O) groups excluding carboxylic acids is 1. The second-order valence-electron chi connectivity index (χ2n) is 5.78. The second-order valence-corrected chi connectivity index (χ2v) is 5.78. The molecule has 0 aromatic rings. The smallest absolute Gasteiger partial charge is 0.303 e. The zero-order valence-electron chi connectivity index (χ0n) is 13.7. The lowest BCUT2D eigenvalue weighted by Gasteiger charge is -2.05. The van der Waals surface area contributed by atoms with Crippen LogP contribution in [0.2, 0.25) is 0 Å². The van der Waals surface area contributed by atoms with Gasteiger partial charge in [0, 0.05) is 19.4 Å². The van der Waals surface area contributed by atoms with Crippen molar-refractivity contribution in [3.8, 4) is 0 Å². The average molecular weight is 299 g/mol. The maximum atomic E-state index is 11.6. The molecule has 0 aliphatic heterocycles. The van der Waals surface area contributed by atoms with Gasteiger partial charge in [-0.3, -0.25) is 9.59 Å². The SMILES string of the molecule is CCCCCCCCCC(=O)NCCCCCCC(=O)O. The summed E-state index contributed by atoms with van der Waals surface area (Å²) in [5.74, 6) is -0.563. The first-order chi connectivity index (χ1) is 10.2. The third kappa shape index (κ3) is 16.9. The Kier molecular flexibility index (Phi) is 14.6. The molecule has 0 rings (SSSR count). The summed E-state index contributed by atoms with van der Waals surface area (Å²) >= 11 is 0. The topological polar surface area (TPSA) is 66.4 Å². The molecule has 0 heterocycles. The minimum atomic E-state index is -0.724. The highest BCUT2D eigenvalue weighted by Gasteiger charge is 2.01. The van der Waals surface area contributed by atoms with E-state index in [1.54, 1.807) is 0 Å². The molecule has 0 unspecified atom stereocenters. The monoisotopic (exact) mass is 299 g/mol. The third-order valence-corrected chi connectivity index (χ3v) is 3.65. The highest BCUT2D eigenvalue weighted by Crippen LogP contribution is 2.08. The van der Waals surface area contributed by atoms with Crippen LogP contribution in [0, 0.1) is 0 Å². The zero-order chi connectivity index (χ0) is 15.8. The van der Waals surface area contributed by atoms with Crippen molar-refractivity contribution in [1.82, 2.24) is 5.32 Å². The van der Waals surface area contributed by atoms with E-state index in [1.807, 2.05) is 0 Å². The number of nitrogens with one attached hydrogen (secondary N) is 1. The van der Waals surface area contributed by atoms with Crippen LogP contribution in [0.15, 0.2) is 0 Å². The highest BCUT2D eigenvalue weighted by molar-refractivity contribution is 5.75. The van der Waals surface area contributed by atoms with E-state index in [9.17, 15) is 9.59 Å². The van der Waals surface area contributed by atoms with Gasteiger partial charge in [0.05, 0.1) is 0 Å². The van der Waals surface area contributed by atoms with Crippen LogP contribution in [0.25, 0.3) is 0 Å². The summed E-state index contributed by atoms with van der Waals surface area (Å²) in [6.07, 6.45) is 13.1. The predicted octanol–water partition coefficient (Wildman–Crippen LogP) is 4.28. The molecule has 0 aliphatic rings. The molecule has 0 saturated carbocycles. The van der Waals surface area contributed by atoms with Crippen molar-refractivity contribution in [2.75, 3.05) is 6.54 Å². The lowest BCUT2D eigenvalue weighted by molar-refractivity contribution is -0.137. The maximum Gasteiger partial charge on any atom is 0.303 e. The van der Waals surface area contributed by atoms with Crippen LogP contribution in [-0.4, -0.2) is 23.5 Å². The number of hydrogen-bond acceptors (Lipinski definition) is 2. The Labute approximate surface area is 129 Å². The standard InChI is InChI=1S/C17H33NO3/c1-2-3-4-5-6-7-10-13-16(19)18-15-12-9-8-11-14-17(20)21/h2-15H2,1H3,(H,18,19)(H,20,21). The van der Waals surface area contributed by atoms with Crippen molar-refractivity contribution >= 4 is 11.9 Å². The minimum absolute atomic E-state index is 0.161. The first-order valence-electron chi connectivity index (χ1n) is 8.65. The number of carboxylic acids is 1. The molecule has 0 bridgehead atoms. The first-order valence-corrected chi connectivity index (χ1v) is 8.65. The second kappa shape index (κ2) is 15.3. The molecule has 21 heavy (non-hydrogen) atoms. The van der Waals surface area contributed by atoms with Crippen molar-refractivity contribution in [3.63, 3.8) is 0 Å². The van der Waals surface area contributed by atoms with Crippen molar-refractivity contribution in [1.29, 1.82) is 0 Å². The van der Waals surface area contributed by atoms with E-state index in [4.69, 9.17) is 5.11 Å². The molecule has 4 nitrogen and oxygen atoms in total. The first kappa shape index (κ1) is 19.9. The van der Waals surface area contributed by atoms with Gasteiger partial charge in [-0.2, -0.15) is 0 Å². The molecule has 0 radical (unpaired) electrons. The summed E-state index contributed by atoms with van der Waals surface area (Å²) in [6, 6.07) is 0. The fraction of sp³-hybridized carbons (Fsp3) is 0.882. The van der Waals surface area contributed by atoms with Crippen molar-refractivity contribution in [3.05, 3.63) is 0 Å². The van der Waals surface area contributed by atoms with Crippen molar-refractivity contribution < 1.29 is 14.7 Å². The third-order valence-electron chi connectivity index (χ3n) is 3.65. The van der Waals surface area contributed by atoms with Gasteiger partial charge in [-0.1, -0.05) is 58.3 Å². The summed E-state index contributed by atoms with van der Waals surface area (Å²) in [6.45, 7) is 2.94. The molecule has 4 heteroatoms. The summed E-state index contributed by atoms with van der Waals surface area (Å²) in [5, 5.41) is 11.4. The van der Waals surface area contributed by atoms with Gasteiger partial charge < -0.3 is 10.4 Å². The van der Waals surface area contributed by atoms with Crippen LogP contribution in [0.5, 0.6) is 0 Å². The number of carbonyl (C=O) groups is 2. The molecular weight excluding hydrogens is 266 g/mol. The van der Waals surface area contributed by atoms with Gasteiger partial charge in [0.25, 0.3) is 0 Å². The van der Waals surface area contributed by atoms with Gasteiger partial charge in [-0.15, -0.1) is 0 Å². The van der Waals surface area contributed by atoms with Gasteiger partial charge >= 0.3 is 5.97 Å². The fourth-order valence-corrected chi connectivity index (χ4v) is 2.31. The minimum Gasteiger partial charge on any atom is -0.481 e. The fourth-order valence-electron chi connectivity index (χ4n) is 2.31. The van der Waals surface area contributed by atoms with E-state index in [2.05, 4.69) is 12.2 Å². The van der Waals surface area contributed by atoms with E-state index < -0.39 is 5.97 Å². The summed E-state index contributed by atoms with van der Waals surface area (Å²) in [5.41, 5.74) is 0. The number of carboxylic acid groups (broad SMARTS) is 1. The molecule has 124 valence electrons. The number of amides is 1. The molecule has 0 aliphatic carbocycles. The van der Waals surface area contributed by atoms with Gasteiger partial charge in [-0.25, -0.2) is 0 Å². The largest absolute Gasteiger partial charge is 0.481 e. The Morgan fingerprint density at radius 3 is 1.90 bits per heavy atom. The van der Waals surface area contributed by atoms with Crippen molar-refractivity contribution in [2.24, 2.45) is 0 Å². The Morgan fingerprint density at radius 1 is 0.762 bits per heavy atom. The summed E-state index contributed by atoms with van der Waals surface area (Å²) < 4.78 is 0. The molecule has 0 aromatic heterocycles. The van der Waals surface area contributed by atoms with Gasteiger partial charge in [0.1, 0.15) is 0 Å². The van der Waals surface area contributed by atoms with E-state index in [0.29, 0.717) is 6.42 Å². The lowest BCUT2D eigenvalue weighted by atomic mass is 10.1. The Hall–Kier alpha value is -1.06. The molecule has 1 amide bonds. The van der Waals surface area contributed by atoms with Crippen LogP contribution in [0.3, 0.4) is 0 Å². The molecule has 0 fully saturated rings. The molecule has 2 N–H and O–H groups in total. The molecule has 0 spiro atoms. The van der Waals surface area contributed by atoms with Gasteiger partial charge in [0.15, 0.2) is 0 Å². The molecule has 0 atom stereocenters. The van der Waals surface area contributed by atoms with E-state index >= 15 is 0 Å². The average Bonchev–Trinajstić information content (AvgIpc) is 2.45. The Morgan fingerprint density at radius 2 is 1.29 bits per heavy atom. The quantitative estimate of drug-likeness (QED) is 0.444. The summed E-state index contributed by atoms with van der Waals surface area (Å²) in [4.78, 5) is 21.9. The highest BCUT2D eigenvalue weighted by atomic mass is 16.4. The van der Waals surface area contributed by atoms with Gasteiger partial charge in [-0.05, 0) is 19.3 Å². The number of rotatable bonds is 15. The van der Waals surface area contributed by atoms with E-state index in [-0.39, 0.29) is 12.3 Å². The summed E-state index contributed by atoms with van der Waals surface area (Å²) in [7, 11) is 0.